The van der Waals surface area contributed by atoms with E-state index in [9.17, 15) is 0 Å². The van der Waals surface area contributed by atoms with Gasteiger partial charge in [0.2, 0.25) is 0 Å². The first kappa shape index (κ1) is 10.3. The Hall–Kier alpha value is -1.82. The Balaban J connectivity index is 2.04. The molecule has 0 aliphatic carbocycles. The largest absolute Gasteiger partial charge is 0.397 e. The van der Waals surface area contributed by atoms with Gasteiger partial charge in [-0.1, -0.05) is 0 Å². The minimum Gasteiger partial charge on any atom is -0.397 e. The number of anilines is 2. The molecule has 0 saturated carbocycles. The number of nitrogens with two attached hydrogens (primary N) is 1. The van der Waals surface area contributed by atoms with Crippen LogP contribution in [0, 0.1) is 0 Å². The average molecular weight is 234 g/mol. The van der Waals surface area contributed by atoms with Gasteiger partial charge >= 0.3 is 0 Å². The molecular weight excluding hydrogens is 220 g/mol. The molecule has 1 aromatic heterocycles. The van der Waals surface area contributed by atoms with E-state index in [1.807, 2.05) is 12.1 Å². The molecule has 0 atom stereocenters. The summed E-state index contributed by atoms with van der Waals surface area (Å²) in [5.74, 6) is 0. The van der Waals surface area contributed by atoms with Crippen molar-refractivity contribution in [1.29, 1.82) is 0 Å². The zero-order valence-corrected chi connectivity index (χ0v) is 9.43. The molecule has 0 spiro atoms. The second-order valence-electron chi connectivity index (χ2n) is 4.09. The summed E-state index contributed by atoms with van der Waals surface area (Å²) >= 11 is 0. The van der Waals surface area contributed by atoms with Gasteiger partial charge in [-0.05, 0) is 28.9 Å². The van der Waals surface area contributed by atoms with Crippen LogP contribution in [-0.2, 0) is 4.74 Å². The molecule has 6 nitrogen and oxygen atoms in total. The molecule has 0 amide bonds. The van der Waals surface area contributed by atoms with Gasteiger partial charge in [0.15, 0.2) is 11.0 Å². The minimum atomic E-state index is 0.594. The third-order valence-corrected chi connectivity index (χ3v) is 2.99. The van der Waals surface area contributed by atoms with Crippen LogP contribution in [0.25, 0.3) is 11.0 Å². The van der Waals surface area contributed by atoms with E-state index in [2.05, 4.69) is 15.2 Å². The quantitative estimate of drug-likeness (QED) is 0.742. The van der Waals surface area contributed by atoms with Crippen molar-refractivity contribution < 1.29 is 9.37 Å². The highest BCUT2D eigenvalue weighted by molar-refractivity contribution is 5.95. The van der Waals surface area contributed by atoms with Gasteiger partial charge < -0.3 is 15.4 Å². The number of aromatic nitrogens is 2. The normalized spacial score (nSPS) is 17.3. The Morgan fingerprint density at radius 3 is 2.94 bits per heavy atom. The number of benzene rings is 1. The monoisotopic (exact) mass is 234 g/mol. The third-order valence-electron chi connectivity index (χ3n) is 2.99. The lowest BCUT2D eigenvalue weighted by Gasteiger charge is -2.21. The van der Waals surface area contributed by atoms with Crippen LogP contribution in [0.5, 0.6) is 0 Å². The van der Waals surface area contributed by atoms with E-state index in [-0.39, 0.29) is 0 Å². The first-order valence-electron chi connectivity index (χ1n) is 5.70. The first-order chi connectivity index (χ1) is 8.36. The SMILES string of the molecule is Nc1ccc(N2CCCOCC2)c2nonc12. The Morgan fingerprint density at radius 2 is 2.00 bits per heavy atom. The van der Waals surface area contributed by atoms with Crippen molar-refractivity contribution >= 4 is 22.4 Å². The first-order valence-corrected chi connectivity index (χ1v) is 5.70. The lowest BCUT2D eigenvalue weighted by Crippen LogP contribution is -2.26. The van der Waals surface area contributed by atoms with Crippen molar-refractivity contribution in [3.63, 3.8) is 0 Å². The van der Waals surface area contributed by atoms with Crippen LogP contribution in [0.4, 0.5) is 11.4 Å². The summed E-state index contributed by atoms with van der Waals surface area (Å²) in [7, 11) is 0. The van der Waals surface area contributed by atoms with Crippen molar-refractivity contribution in [1.82, 2.24) is 10.3 Å². The summed E-state index contributed by atoms with van der Waals surface area (Å²) in [4.78, 5) is 2.24. The van der Waals surface area contributed by atoms with Crippen LogP contribution in [0.1, 0.15) is 6.42 Å². The highest BCUT2D eigenvalue weighted by Gasteiger charge is 2.16. The van der Waals surface area contributed by atoms with Gasteiger partial charge in [-0.25, -0.2) is 4.63 Å². The number of nitrogen functional groups attached to an aromatic ring is 1. The van der Waals surface area contributed by atoms with Crippen LogP contribution < -0.4 is 10.6 Å². The minimum absolute atomic E-state index is 0.594. The fourth-order valence-corrected chi connectivity index (χ4v) is 2.11. The third kappa shape index (κ3) is 1.80. The Kier molecular flexibility index (Phi) is 2.56. The highest BCUT2D eigenvalue weighted by atomic mass is 16.6. The molecule has 1 fully saturated rings. The fraction of sp³-hybridized carbons (Fsp3) is 0.455. The maximum Gasteiger partial charge on any atom is 0.160 e. The number of nitrogens with zero attached hydrogens (tertiary/aromatic N) is 3. The predicted octanol–water partition coefficient (Wildman–Crippen LogP) is 1.03. The van der Waals surface area contributed by atoms with E-state index in [4.69, 9.17) is 15.1 Å². The van der Waals surface area contributed by atoms with Gasteiger partial charge in [0.25, 0.3) is 0 Å². The van der Waals surface area contributed by atoms with Crippen LogP contribution >= 0.6 is 0 Å². The molecule has 2 heterocycles. The van der Waals surface area contributed by atoms with E-state index in [1.54, 1.807) is 0 Å². The van der Waals surface area contributed by atoms with Crippen LogP contribution in [-0.4, -0.2) is 36.6 Å². The molecule has 1 saturated heterocycles. The molecule has 2 N–H and O–H groups in total. The number of fused-ring (bicyclic) bond motifs is 1. The molecule has 1 aliphatic rings. The maximum atomic E-state index is 5.82. The molecule has 0 unspecified atom stereocenters. The van der Waals surface area contributed by atoms with Gasteiger partial charge in [0.05, 0.1) is 18.0 Å². The molecule has 1 aromatic carbocycles. The molecular formula is C11H14N4O2. The maximum absolute atomic E-state index is 5.82. The summed E-state index contributed by atoms with van der Waals surface area (Å²) < 4.78 is 10.2. The summed E-state index contributed by atoms with van der Waals surface area (Å²) in [6, 6.07) is 3.81. The van der Waals surface area contributed by atoms with E-state index in [1.165, 1.54) is 0 Å². The smallest absolute Gasteiger partial charge is 0.160 e. The van der Waals surface area contributed by atoms with Crippen molar-refractivity contribution in [3.05, 3.63) is 12.1 Å². The highest BCUT2D eigenvalue weighted by Crippen LogP contribution is 2.28. The number of hydrogen-bond acceptors (Lipinski definition) is 6. The summed E-state index contributed by atoms with van der Waals surface area (Å²) in [6.45, 7) is 3.35. The van der Waals surface area contributed by atoms with E-state index in [0.717, 1.165) is 43.9 Å². The Labute approximate surface area is 98.3 Å². The van der Waals surface area contributed by atoms with Crippen molar-refractivity contribution in [2.24, 2.45) is 0 Å². The molecule has 17 heavy (non-hydrogen) atoms. The molecule has 3 rings (SSSR count). The number of hydrogen-bond donors (Lipinski definition) is 1. The topological polar surface area (TPSA) is 77.4 Å². The van der Waals surface area contributed by atoms with E-state index in [0.29, 0.717) is 11.2 Å². The van der Waals surface area contributed by atoms with E-state index >= 15 is 0 Å². The average Bonchev–Trinajstić information content (AvgIpc) is 2.67. The lowest BCUT2D eigenvalue weighted by atomic mass is 10.2. The lowest BCUT2D eigenvalue weighted by molar-refractivity contribution is 0.152. The zero-order chi connectivity index (χ0) is 11.7. The van der Waals surface area contributed by atoms with Gasteiger partial charge in [-0.2, -0.15) is 0 Å². The molecule has 0 radical (unpaired) electrons. The van der Waals surface area contributed by atoms with Crippen LogP contribution in [0.15, 0.2) is 16.8 Å². The Morgan fingerprint density at radius 1 is 1.12 bits per heavy atom. The molecule has 2 aromatic rings. The van der Waals surface area contributed by atoms with Gasteiger partial charge in [0.1, 0.15) is 0 Å². The van der Waals surface area contributed by atoms with Gasteiger partial charge in [0, 0.05) is 19.7 Å². The van der Waals surface area contributed by atoms with Gasteiger partial charge in [-0.15, -0.1) is 0 Å². The second kappa shape index (κ2) is 4.21. The van der Waals surface area contributed by atoms with Crippen molar-refractivity contribution in [3.8, 4) is 0 Å². The zero-order valence-electron chi connectivity index (χ0n) is 9.43. The van der Waals surface area contributed by atoms with Crippen LogP contribution in [0.2, 0.25) is 0 Å². The molecule has 1 aliphatic heterocycles. The molecule has 6 heteroatoms. The number of rotatable bonds is 1. The Bertz CT molecular complexity index is 517. The summed E-state index contributed by atoms with van der Waals surface area (Å²) in [6.07, 6.45) is 1.01. The van der Waals surface area contributed by atoms with Gasteiger partial charge in [-0.3, -0.25) is 0 Å². The standard InChI is InChI=1S/C11H14N4O2/c12-8-2-3-9(11-10(8)13-17-14-11)15-4-1-6-16-7-5-15/h2-3H,1,4-7,12H2. The summed E-state index contributed by atoms with van der Waals surface area (Å²) in [5, 5.41) is 7.76. The number of ether oxygens (including phenoxy) is 1. The fourth-order valence-electron chi connectivity index (χ4n) is 2.11. The predicted molar refractivity (Wildman–Crippen MR) is 63.9 cm³/mol. The molecule has 0 bridgehead atoms. The van der Waals surface area contributed by atoms with Crippen LogP contribution in [0.3, 0.4) is 0 Å². The summed E-state index contributed by atoms with van der Waals surface area (Å²) in [5.41, 5.74) is 8.79. The molecule has 90 valence electrons. The van der Waals surface area contributed by atoms with Crippen molar-refractivity contribution in [2.75, 3.05) is 36.9 Å². The second-order valence-corrected chi connectivity index (χ2v) is 4.09. The van der Waals surface area contributed by atoms with Crippen molar-refractivity contribution in [2.45, 2.75) is 6.42 Å². The van der Waals surface area contributed by atoms with E-state index < -0.39 is 0 Å².